The molecule has 1 fully saturated rings. The average Bonchev–Trinajstić information content (AvgIpc) is 2.79. The minimum atomic E-state index is 0.0142. The van der Waals surface area contributed by atoms with Gasteiger partial charge in [0.1, 0.15) is 5.82 Å². The molecule has 6 heteroatoms. The highest BCUT2D eigenvalue weighted by atomic mass is 16.1. The SMILES string of the molecule is CN(C)c1nc(N[C@H]2CC[C@@H](NC(=O)c3ccc(C(C)(C)C)cc3)CC2)nc2ccccc12. The van der Waals surface area contributed by atoms with E-state index in [-0.39, 0.29) is 17.4 Å². The molecule has 1 amide bonds. The molecule has 174 valence electrons. The first kappa shape index (κ1) is 23.0. The number of rotatable bonds is 5. The Morgan fingerprint density at radius 2 is 1.55 bits per heavy atom. The molecule has 0 bridgehead atoms. The summed E-state index contributed by atoms with van der Waals surface area (Å²) in [5, 5.41) is 7.80. The van der Waals surface area contributed by atoms with Crippen molar-refractivity contribution in [2.24, 2.45) is 0 Å². The molecule has 1 saturated carbocycles. The van der Waals surface area contributed by atoms with E-state index in [1.807, 2.05) is 49.3 Å². The summed E-state index contributed by atoms with van der Waals surface area (Å²) in [6, 6.07) is 16.6. The van der Waals surface area contributed by atoms with E-state index in [1.165, 1.54) is 5.56 Å². The summed E-state index contributed by atoms with van der Waals surface area (Å²) in [6.07, 6.45) is 3.83. The van der Waals surface area contributed by atoms with Crippen LogP contribution in [0, 0.1) is 0 Å². The minimum Gasteiger partial charge on any atom is -0.362 e. The van der Waals surface area contributed by atoms with Crippen LogP contribution in [0.5, 0.6) is 0 Å². The fourth-order valence-corrected chi connectivity index (χ4v) is 4.42. The van der Waals surface area contributed by atoms with Gasteiger partial charge in [-0.15, -0.1) is 0 Å². The molecule has 0 saturated heterocycles. The number of para-hydroxylation sites is 1. The number of hydrogen-bond donors (Lipinski definition) is 2. The van der Waals surface area contributed by atoms with Gasteiger partial charge in [0.05, 0.1) is 5.52 Å². The summed E-state index contributed by atoms with van der Waals surface area (Å²) in [5.41, 5.74) is 2.99. The van der Waals surface area contributed by atoms with Crippen LogP contribution >= 0.6 is 0 Å². The van der Waals surface area contributed by atoms with E-state index in [0.29, 0.717) is 12.0 Å². The zero-order chi connectivity index (χ0) is 23.6. The van der Waals surface area contributed by atoms with Gasteiger partial charge in [0.2, 0.25) is 5.95 Å². The number of hydrogen-bond acceptors (Lipinski definition) is 5. The number of aromatic nitrogens is 2. The van der Waals surface area contributed by atoms with Gasteiger partial charge in [0.25, 0.3) is 5.91 Å². The number of carbonyl (C=O) groups excluding carboxylic acids is 1. The lowest BCUT2D eigenvalue weighted by Gasteiger charge is -2.30. The van der Waals surface area contributed by atoms with Gasteiger partial charge in [-0.05, 0) is 60.9 Å². The Labute approximate surface area is 196 Å². The van der Waals surface area contributed by atoms with Crippen molar-refractivity contribution in [3.63, 3.8) is 0 Å². The van der Waals surface area contributed by atoms with Gasteiger partial charge < -0.3 is 15.5 Å². The fourth-order valence-electron chi connectivity index (χ4n) is 4.42. The van der Waals surface area contributed by atoms with E-state index in [2.05, 4.69) is 49.6 Å². The number of nitrogens with zero attached hydrogens (tertiary/aromatic N) is 3. The molecule has 1 heterocycles. The molecule has 4 rings (SSSR count). The first-order valence-electron chi connectivity index (χ1n) is 11.8. The Morgan fingerprint density at radius 1 is 0.909 bits per heavy atom. The number of benzene rings is 2. The fraction of sp³-hybridized carbons (Fsp3) is 0.444. The van der Waals surface area contributed by atoms with Crippen LogP contribution in [0.1, 0.15) is 62.4 Å². The van der Waals surface area contributed by atoms with Crippen LogP contribution in [-0.2, 0) is 5.41 Å². The molecule has 1 aromatic heterocycles. The largest absolute Gasteiger partial charge is 0.362 e. The van der Waals surface area contributed by atoms with Crippen molar-refractivity contribution in [2.75, 3.05) is 24.3 Å². The van der Waals surface area contributed by atoms with Crippen LogP contribution in [0.4, 0.5) is 11.8 Å². The van der Waals surface area contributed by atoms with Crippen molar-refractivity contribution in [1.29, 1.82) is 0 Å². The Kier molecular flexibility index (Phi) is 6.54. The van der Waals surface area contributed by atoms with Gasteiger partial charge in [-0.1, -0.05) is 45.0 Å². The molecule has 0 radical (unpaired) electrons. The number of amides is 1. The van der Waals surface area contributed by atoms with Crippen molar-refractivity contribution in [3.05, 3.63) is 59.7 Å². The van der Waals surface area contributed by atoms with Gasteiger partial charge in [0, 0.05) is 37.1 Å². The Balaban J connectivity index is 1.34. The van der Waals surface area contributed by atoms with Crippen LogP contribution in [0.2, 0.25) is 0 Å². The third-order valence-electron chi connectivity index (χ3n) is 6.42. The highest BCUT2D eigenvalue weighted by Crippen LogP contribution is 2.27. The first-order valence-corrected chi connectivity index (χ1v) is 11.8. The normalized spacial score (nSPS) is 18.7. The van der Waals surface area contributed by atoms with Crippen molar-refractivity contribution in [2.45, 2.75) is 64.0 Å². The van der Waals surface area contributed by atoms with Crippen LogP contribution in [-0.4, -0.2) is 42.1 Å². The number of anilines is 2. The second kappa shape index (κ2) is 9.38. The highest BCUT2D eigenvalue weighted by Gasteiger charge is 2.24. The second-order valence-corrected chi connectivity index (χ2v) is 10.3. The summed E-state index contributed by atoms with van der Waals surface area (Å²) in [4.78, 5) is 24.2. The van der Waals surface area contributed by atoms with Crippen molar-refractivity contribution < 1.29 is 4.79 Å². The summed E-state index contributed by atoms with van der Waals surface area (Å²) < 4.78 is 0. The predicted molar refractivity (Wildman–Crippen MR) is 136 cm³/mol. The Morgan fingerprint density at radius 3 is 2.18 bits per heavy atom. The lowest BCUT2D eigenvalue weighted by atomic mass is 9.86. The van der Waals surface area contributed by atoms with Gasteiger partial charge >= 0.3 is 0 Å². The molecule has 2 N–H and O–H groups in total. The van der Waals surface area contributed by atoms with E-state index in [9.17, 15) is 4.79 Å². The molecular formula is C27H35N5O. The predicted octanol–water partition coefficient (Wildman–Crippen LogP) is 5.15. The lowest BCUT2D eigenvalue weighted by molar-refractivity contribution is 0.0926. The third kappa shape index (κ3) is 5.44. The van der Waals surface area contributed by atoms with Crippen LogP contribution in [0.15, 0.2) is 48.5 Å². The molecule has 0 atom stereocenters. The maximum Gasteiger partial charge on any atom is 0.251 e. The summed E-state index contributed by atoms with van der Waals surface area (Å²) >= 11 is 0. The number of carbonyl (C=O) groups is 1. The zero-order valence-electron chi connectivity index (χ0n) is 20.4. The molecule has 1 aliphatic carbocycles. The smallest absolute Gasteiger partial charge is 0.251 e. The van der Waals surface area contributed by atoms with Gasteiger partial charge in [-0.25, -0.2) is 4.98 Å². The molecule has 0 spiro atoms. The molecule has 33 heavy (non-hydrogen) atoms. The lowest BCUT2D eigenvalue weighted by Crippen LogP contribution is -2.40. The Bertz CT molecular complexity index is 1110. The van der Waals surface area contributed by atoms with Crippen molar-refractivity contribution in [3.8, 4) is 0 Å². The molecule has 3 aromatic rings. The highest BCUT2D eigenvalue weighted by molar-refractivity contribution is 5.94. The molecule has 2 aromatic carbocycles. The molecule has 1 aliphatic rings. The zero-order valence-corrected chi connectivity index (χ0v) is 20.4. The second-order valence-electron chi connectivity index (χ2n) is 10.3. The van der Waals surface area contributed by atoms with Crippen molar-refractivity contribution >= 4 is 28.6 Å². The van der Waals surface area contributed by atoms with Crippen LogP contribution in [0.3, 0.4) is 0 Å². The van der Waals surface area contributed by atoms with Gasteiger partial charge in [0.15, 0.2) is 0 Å². The van der Waals surface area contributed by atoms with E-state index in [4.69, 9.17) is 9.97 Å². The maximum atomic E-state index is 12.7. The molecule has 0 aliphatic heterocycles. The third-order valence-corrected chi connectivity index (χ3v) is 6.42. The molecule has 6 nitrogen and oxygen atoms in total. The quantitative estimate of drug-likeness (QED) is 0.569. The van der Waals surface area contributed by atoms with E-state index in [0.717, 1.165) is 48.0 Å². The average molecular weight is 446 g/mol. The van der Waals surface area contributed by atoms with E-state index >= 15 is 0 Å². The summed E-state index contributed by atoms with van der Waals surface area (Å²) in [6.45, 7) is 6.54. The van der Waals surface area contributed by atoms with Crippen LogP contribution in [0.25, 0.3) is 10.9 Å². The Hall–Kier alpha value is -3.15. The first-order chi connectivity index (χ1) is 15.7. The maximum absolute atomic E-state index is 12.7. The number of nitrogens with one attached hydrogen (secondary N) is 2. The number of fused-ring (bicyclic) bond motifs is 1. The van der Waals surface area contributed by atoms with Crippen LogP contribution < -0.4 is 15.5 Å². The van der Waals surface area contributed by atoms with E-state index < -0.39 is 0 Å². The molecule has 0 unspecified atom stereocenters. The molecular weight excluding hydrogens is 410 g/mol. The summed E-state index contributed by atoms with van der Waals surface area (Å²) in [7, 11) is 4.01. The van der Waals surface area contributed by atoms with E-state index in [1.54, 1.807) is 0 Å². The summed E-state index contributed by atoms with van der Waals surface area (Å²) in [5.74, 6) is 1.60. The minimum absolute atomic E-state index is 0.0142. The van der Waals surface area contributed by atoms with Crippen molar-refractivity contribution in [1.82, 2.24) is 15.3 Å². The standard InChI is InChI=1S/C27H35N5O/c1-27(2,3)19-12-10-18(11-13-19)25(33)28-20-14-16-21(17-15-20)29-26-30-23-9-7-6-8-22(23)24(31-26)32(4)5/h6-13,20-21H,14-17H2,1-5H3,(H,28,33)(H,29,30,31)/t20-,21+. The monoisotopic (exact) mass is 445 g/mol. The van der Waals surface area contributed by atoms with Gasteiger partial charge in [-0.3, -0.25) is 4.79 Å². The topological polar surface area (TPSA) is 70.2 Å². The van der Waals surface area contributed by atoms with Gasteiger partial charge in [-0.2, -0.15) is 4.98 Å².